The van der Waals surface area contributed by atoms with E-state index in [0.29, 0.717) is 16.6 Å². The standard InChI is InChI=1S/C20H15FN4O2/c1-24-10-13(9-23-24)12-2-7-18-16(8-12)19(26)17(20(22)27)11-25(18)15-5-3-14(21)4-6-15/h2-11H,1H3,(H2,22,27). The molecule has 0 fully saturated rings. The van der Waals surface area contributed by atoms with Crippen molar-refractivity contribution in [2.45, 2.75) is 0 Å². The number of aryl methyl sites for hydroxylation is 1. The van der Waals surface area contributed by atoms with E-state index in [9.17, 15) is 14.0 Å². The maximum atomic E-state index is 13.3. The van der Waals surface area contributed by atoms with Crippen LogP contribution in [0.1, 0.15) is 10.4 Å². The smallest absolute Gasteiger partial charge is 0.254 e. The van der Waals surface area contributed by atoms with Crippen LogP contribution in [0.3, 0.4) is 0 Å². The Morgan fingerprint density at radius 2 is 1.81 bits per heavy atom. The molecular formula is C20H15FN4O2. The molecule has 7 heteroatoms. The van der Waals surface area contributed by atoms with Crippen LogP contribution in [0.2, 0.25) is 0 Å². The molecule has 134 valence electrons. The van der Waals surface area contributed by atoms with Crippen LogP contribution < -0.4 is 11.2 Å². The fourth-order valence-electron chi connectivity index (χ4n) is 3.07. The normalized spacial score (nSPS) is 11.0. The molecule has 0 saturated heterocycles. The summed E-state index contributed by atoms with van der Waals surface area (Å²) in [6.07, 6.45) is 4.92. The predicted molar refractivity (Wildman–Crippen MR) is 100 cm³/mol. The van der Waals surface area contributed by atoms with Crippen LogP contribution in [0.25, 0.3) is 27.7 Å². The molecule has 2 aromatic heterocycles. The highest BCUT2D eigenvalue weighted by Crippen LogP contribution is 2.25. The van der Waals surface area contributed by atoms with Crippen molar-refractivity contribution in [3.05, 3.63) is 82.7 Å². The number of primary amides is 1. The molecule has 6 nitrogen and oxygen atoms in total. The van der Waals surface area contributed by atoms with Gasteiger partial charge >= 0.3 is 0 Å². The number of hydrogen-bond acceptors (Lipinski definition) is 3. The zero-order chi connectivity index (χ0) is 19.1. The lowest BCUT2D eigenvalue weighted by atomic mass is 10.0. The second kappa shape index (κ2) is 6.21. The molecule has 27 heavy (non-hydrogen) atoms. The van der Waals surface area contributed by atoms with Gasteiger partial charge in [0.25, 0.3) is 5.91 Å². The zero-order valence-electron chi connectivity index (χ0n) is 14.4. The van der Waals surface area contributed by atoms with Gasteiger partial charge in [0.1, 0.15) is 11.4 Å². The fraction of sp³-hybridized carbons (Fsp3) is 0.0500. The molecule has 4 aromatic rings. The van der Waals surface area contributed by atoms with Gasteiger partial charge in [-0.25, -0.2) is 4.39 Å². The molecule has 0 aliphatic heterocycles. The number of hydrogen-bond donors (Lipinski definition) is 1. The maximum absolute atomic E-state index is 13.3. The Bertz CT molecular complexity index is 1240. The van der Waals surface area contributed by atoms with E-state index in [1.54, 1.807) is 46.8 Å². The van der Waals surface area contributed by atoms with Crippen LogP contribution >= 0.6 is 0 Å². The second-order valence-corrected chi connectivity index (χ2v) is 6.22. The van der Waals surface area contributed by atoms with Crippen molar-refractivity contribution in [2.24, 2.45) is 12.8 Å². The number of benzene rings is 2. The van der Waals surface area contributed by atoms with E-state index < -0.39 is 11.3 Å². The van der Waals surface area contributed by atoms with Crippen molar-refractivity contribution in [3.63, 3.8) is 0 Å². The van der Waals surface area contributed by atoms with Crippen LogP contribution in [-0.4, -0.2) is 20.3 Å². The van der Waals surface area contributed by atoms with Gasteiger partial charge in [-0.15, -0.1) is 0 Å². The average Bonchev–Trinajstić information content (AvgIpc) is 3.09. The first-order valence-corrected chi connectivity index (χ1v) is 8.18. The summed E-state index contributed by atoms with van der Waals surface area (Å²) in [4.78, 5) is 24.6. The number of nitrogens with zero attached hydrogens (tertiary/aromatic N) is 3. The van der Waals surface area contributed by atoms with E-state index in [1.165, 1.54) is 18.3 Å². The molecule has 4 rings (SSSR count). The Kier molecular flexibility index (Phi) is 3.84. The minimum atomic E-state index is -0.815. The first-order valence-electron chi connectivity index (χ1n) is 8.18. The van der Waals surface area contributed by atoms with Gasteiger partial charge in [0, 0.05) is 36.1 Å². The molecule has 0 unspecified atom stereocenters. The van der Waals surface area contributed by atoms with Crippen molar-refractivity contribution in [1.29, 1.82) is 0 Å². The highest BCUT2D eigenvalue weighted by Gasteiger charge is 2.15. The molecular weight excluding hydrogens is 347 g/mol. The first-order chi connectivity index (χ1) is 12.9. The van der Waals surface area contributed by atoms with Crippen LogP contribution in [0.4, 0.5) is 4.39 Å². The monoisotopic (exact) mass is 362 g/mol. The lowest BCUT2D eigenvalue weighted by molar-refractivity contribution is 0.0999. The third kappa shape index (κ3) is 2.89. The number of aromatic nitrogens is 3. The first kappa shape index (κ1) is 16.7. The number of carbonyl (C=O) groups is 1. The lowest BCUT2D eigenvalue weighted by Crippen LogP contribution is -2.23. The summed E-state index contributed by atoms with van der Waals surface area (Å²) in [6.45, 7) is 0. The number of fused-ring (bicyclic) bond motifs is 1. The molecule has 0 aliphatic carbocycles. The van der Waals surface area contributed by atoms with Crippen molar-refractivity contribution < 1.29 is 9.18 Å². The predicted octanol–water partition coefficient (Wildman–Crippen LogP) is 2.63. The van der Waals surface area contributed by atoms with Gasteiger partial charge in [0.05, 0.1) is 11.7 Å². The molecule has 0 saturated carbocycles. The van der Waals surface area contributed by atoms with Crippen LogP contribution in [0.15, 0.2) is 65.8 Å². The number of halogens is 1. The molecule has 2 N–H and O–H groups in total. The van der Waals surface area contributed by atoms with Crippen LogP contribution in [-0.2, 0) is 7.05 Å². The Hall–Kier alpha value is -3.74. The minimum Gasteiger partial charge on any atom is -0.365 e. The van der Waals surface area contributed by atoms with Gasteiger partial charge in [-0.2, -0.15) is 5.10 Å². The van der Waals surface area contributed by atoms with Gasteiger partial charge in [-0.05, 0) is 42.0 Å². The molecule has 0 atom stereocenters. The zero-order valence-corrected chi connectivity index (χ0v) is 14.4. The van der Waals surface area contributed by atoms with Crippen molar-refractivity contribution in [3.8, 4) is 16.8 Å². The Labute approximate surface area is 153 Å². The van der Waals surface area contributed by atoms with E-state index in [2.05, 4.69) is 5.10 Å². The number of carbonyl (C=O) groups excluding carboxylic acids is 1. The van der Waals surface area contributed by atoms with E-state index in [0.717, 1.165) is 11.1 Å². The van der Waals surface area contributed by atoms with Crippen molar-refractivity contribution in [1.82, 2.24) is 14.3 Å². The summed E-state index contributed by atoms with van der Waals surface area (Å²) >= 11 is 0. The highest BCUT2D eigenvalue weighted by molar-refractivity contribution is 5.97. The van der Waals surface area contributed by atoms with E-state index >= 15 is 0 Å². The summed E-state index contributed by atoms with van der Waals surface area (Å²) in [7, 11) is 1.80. The minimum absolute atomic E-state index is 0.129. The molecule has 0 bridgehead atoms. The summed E-state index contributed by atoms with van der Waals surface area (Å²) in [5.74, 6) is -1.19. The highest BCUT2D eigenvalue weighted by atomic mass is 19.1. The Balaban J connectivity index is 2.03. The third-order valence-electron chi connectivity index (χ3n) is 4.41. The molecule has 0 spiro atoms. The summed E-state index contributed by atoms with van der Waals surface area (Å²) < 4.78 is 16.6. The number of rotatable bonds is 3. The van der Waals surface area contributed by atoms with E-state index in [-0.39, 0.29) is 11.4 Å². The maximum Gasteiger partial charge on any atom is 0.254 e. The molecule has 2 heterocycles. The summed E-state index contributed by atoms with van der Waals surface area (Å²) in [6, 6.07) is 11.1. The molecule has 2 aromatic carbocycles. The number of pyridine rings is 1. The molecule has 0 radical (unpaired) electrons. The van der Waals surface area contributed by atoms with Gasteiger partial charge in [-0.1, -0.05) is 6.07 Å². The van der Waals surface area contributed by atoms with Crippen molar-refractivity contribution >= 4 is 16.8 Å². The summed E-state index contributed by atoms with van der Waals surface area (Å²) in [5, 5.41) is 4.48. The van der Waals surface area contributed by atoms with Gasteiger partial charge < -0.3 is 10.3 Å². The van der Waals surface area contributed by atoms with Gasteiger partial charge in [-0.3, -0.25) is 14.3 Å². The van der Waals surface area contributed by atoms with Crippen molar-refractivity contribution in [2.75, 3.05) is 0 Å². The van der Waals surface area contributed by atoms with E-state index in [1.807, 2.05) is 12.3 Å². The topological polar surface area (TPSA) is 82.9 Å². The number of nitrogens with two attached hydrogens (primary N) is 1. The van der Waals surface area contributed by atoms with Crippen LogP contribution in [0, 0.1) is 5.82 Å². The fourth-order valence-corrected chi connectivity index (χ4v) is 3.07. The lowest BCUT2D eigenvalue weighted by Gasteiger charge is -2.13. The molecule has 1 amide bonds. The van der Waals surface area contributed by atoms with Gasteiger partial charge in [0.2, 0.25) is 5.43 Å². The Morgan fingerprint density at radius 1 is 1.07 bits per heavy atom. The Morgan fingerprint density at radius 3 is 2.44 bits per heavy atom. The average molecular weight is 362 g/mol. The second-order valence-electron chi connectivity index (χ2n) is 6.22. The summed E-state index contributed by atoms with van der Waals surface area (Å²) in [5.41, 5.74) is 7.66. The van der Waals surface area contributed by atoms with Crippen LogP contribution in [0.5, 0.6) is 0 Å². The number of amides is 1. The van der Waals surface area contributed by atoms with Gasteiger partial charge in [0.15, 0.2) is 0 Å². The SMILES string of the molecule is Cn1cc(-c2ccc3c(c2)c(=O)c(C(N)=O)cn3-c2ccc(F)cc2)cn1. The molecule has 0 aliphatic rings. The largest absolute Gasteiger partial charge is 0.365 e. The van der Waals surface area contributed by atoms with E-state index in [4.69, 9.17) is 5.73 Å². The third-order valence-corrected chi connectivity index (χ3v) is 4.41. The quantitative estimate of drug-likeness (QED) is 0.608.